The Morgan fingerprint density at radius 3 is 2.40 bits per heavy atom. The van der Waals surface area contributed by atoms with Gasteiger partial charge >= 0.3 is 6.18 Å². The summed E-state index contributed by atoms with van der Waals surface area (Å²) in [6.45, 7) is -1.89. The third kappa shape index (κ3) is 6.48. The average Bonchev–Trinajstić information content (AvgIpc) is 2.35. The zero-order valence-corrected chi connectivity index (χ0v) is 11.2. The highest BCUT2D eigenvalue weighted by Crippen LogP contribution is 2.14. The maximum Gasteiger partial charge on any atom is 0.411 e. The van der Waals surface area contributed by atoms with Crippen LogP contribution in [0.5, 0.6) is 0 Å². The summed E-state index contributed by atoms with van der Waals surface area (Å²) in [5.74, 6) is -0.618. The number of thiocarbonyl (C=S) groups is 1. The molecule has 1 aromatic rings. The second-order valence-corrected chi connectivity index (χ2v) is 4.39. The molecule has 20 heavy (non-hydrogen) atoms. The summed E-state index contributed by atoms with van der Waals surface area (Å²) in [6, 6.07) is 6.82. The van der Waals surface area contributed by atoms with Gasteiger partial charge in [-0.2, -0.15) is 13.2 Å². The first kappa shape index (κ1) is 16.4. The summed E-state index contributed by atoms with van der Waals surface area (Å²) in [5.41, 5.74) is 6.90. The summed E-state index contributed by atoms with van der Waals surface area (Å²) in [5, 5.41) is 2.44. The van der Waals surface area contributed by atoms with Gasteiger partial charge in [0, 0.05) is 12.1 Å². The van der Waals surface area contributed by atoms with E-state index in [1.54, 1.807) is 24.3 Å². The maximum absolute atomic E-state index is 11.8. The number of benzene rings is 1. The third-order valence-corrected chi connectivity index (χ3v) is 2.46. The molecule has 0 fully saturated rings. The number of alkyl halides is 3. The minimum absolute atomic E-state index is 0.186. The van der Waals surface area contributed by atoms with Gasteiger partial charge in [0.15, 0.2) is 0 Å². The quantitative estimate of drug-likeness (QED) is 0.782. The minimum atomic E-state index is -4.43. The molecule has 0 unspecified atom stereocenters. The summed E-state index contributed by atoms with van der Waals surface area (Å²) >= 11 is 4.79. The Bertz CT molecular complexity index is 475. The topological polar surface area (TPSA) is 64.3 Å². The smallest absolute Gasteiger partial charge is 0.389 e. The maximum atomic E-state index is 11.8. The zero-order chi connectivity index (χ0) is 15.2. The summed E-state index contributed by atoms with van der Waals surface area (Å²) in [4.78, 5) is 11.5. The molecule has 0 radical (unpaired) electrons. The van der Waals surface area contributed by atoms with E-state index in [1.165, 1.54) is 0 Å². The van der Waals surface area contributed by atoms with Crippen LogP contribution < -0.4 is 11.1 Å². The molecular formula is C12H13F3N2O2S. The molecule has 1 amide bonds. The average molecular weight is 306 g/mol. The number of nitrogens with two attached hydrogens (primary N) is 1. The van der Waals surface area contributed by atoms with Gasteiger partial charge in [0.2, 0.25) is 5.91 Å². The van der Waals surface area contributed by atoms with Gasteiger partial charge in [0.1, 0.15) is 18.2 Å². The monoisotopic (exact) mass is 306 g/mol. The van der Waals surface area contributed by atoms with Crippen molar-refractivity contribution >= 4 is 23.1 Å². The van der Waals surface area contributed by atoms with Crippen molar-refractivity contribution in [2.24, 2.45) is 5.73 Å². The number of amides is 1. The first-order chi connectivity index (χ1) is 9.28. The van der Waals surface area contributed by atoms with E-state index in [1.807, 2.05) is 0 Å². The molecule has 0 spiro atoms. The molecule has 0 heterocycles. The van der Waals surface area contributed by atoms with E-state index >= 15 is 0 Å². The lowest BCUT2D eigenvalue weighted by Crippen LogP contribution is -2.29. The van der Waals surface area contributed by atoms with Gasteiger partial charge < -0.3 is 15.8 Å². The van der Waals surface area contributed by atoms with Crippen LogP contribution >= 0.6 is 12.2 Å². The second-order valence-electron chi connectivity index (χ2n) is 3.95. The molecule has 0 aromatic heterocycles. The number of carbonyl (C=O) groups is 1. The Morgan fingerprint density at radius 2 is 1.90 bits per heavy atom. The van der Waals surface area contributed by atoms with Crippen molar-refractivity contribution in [1.29, 1.82) is 0 Å². The molecule has 0 aliphatic rings. The van der Waals surface area contributed by atoms with Crippen LogP contribution in [0.1, 0.15) is 11.1 Å². The number of hydrogen-bond acceptors (Lipinski definition) is 3. The van der Waals surface area contributed by atoms with Crippen LogP contribution in [0.4, 0.5) is 13.2 Å². The highest BCUT2D eigenvalue weighted by atomic mass is 32.1. The zero-order valence-electron chi connectivity index (χ0n) is 10.4. The molecule has 8 heteroatoms. The number of nitrogens with one attached hydrogen (secondary N) is 1. The van der Waals surface area contributed by atoms with E-state index in [4.69, 9.17) is 18.0 Å². The molecule has 1 rings (SSSR count). The van der Waals surface area contributed by atoms with Crippen LogP contribution in [0.15, 0.2) is 24.3 Å². The first-order valence-corrected chi connectivity index (χ1v) is 5.99. The number of carbonyl (C=O) groups excluding carboxylic acids is 1. The normalized spacial score (nSPS) is 11.2. The van der Waals surface area contributed by atoms with Crippen molar-refractivity contribution in [3.8, 4) is 0 Å². The van der Waals surface area contributed by atoms with Gasteiger partial charge in [-0.05, 0) is 5.56 Å². The van der Waals surface area contributed by atoms with Crippen molar-refractivity contribution in [2.45, 2.75) is 12.7 Å². The van der Waals surface area contributed by atoms with E-state index in [0.29, 0.717) is 5.56 Å². The van der Waals surface area contributed by atoms with Crippen molar-refractivity contribution < 1.29 is 22.7 Å². The molecule has 0 atom stereocenters. The highest BCUT2D eigenvalue weighted by Gasteiger charge is 2.27. The molecule has 0 aliphatic heterocycles. The van der Waals surface area contributed by atoms with Crippen LogP contribution in [0.25, 0.3) is 0 Å². The van der Waals surface area contributed by atoms with E-state index < -0.39 is 25.3 Å². The number of hydrogen-bond donors (Lipinski definition) is 2. The molecule has 4 nitrogen and oxygen atoms in total. The number of rotatable bonds is 6. The lowest BCUT2D eigenvalue weighted by atomic mass is 10.1. The van der Waals surface area contributed by atoms with E-state index in [-0.39, 0.29) is 11.5 Å². The van der Waals surface area contributed by atoms with Crippen molar-refractivity contribution in [3.63, 3.8) is 0 Å². The van der Waals surface area contributed by atoms with Gasteiger partial charge in [-0.25, -0.2) is 0 Å². The fraction of sp³-hybridized carbons (Fsp3) is 0.333. The summed E-state index contributed by atoms with van der Waals surface area (Å²) < 4.78 is 39.6. The van der Waals surface area contributed by atoms with Crippen LogP contribution in [0.2, 0.25) is 0 Å². The highest BCUT2D eigenvalue weighted by molar-refractivity contribution is 7.80. The SMILES string of the molecule is NC(=S)c1ccc(CNC(=O)COCC(F)(F)F)cc1. The summed E-state index contributed by atoms with van der Waals surface area (Å²) in [6.07, 6.45) is -4.43. The Balaban J connectivity index is 2.32. The van der Waals surface area contributed by atoms with Crippen molar-refractivity contribution in [1.82, 2.24) is 5.32 Å². The number of ether oxygens (including phenoxy) is 1. The molecule has 3 N–H and O–H groups in total. The Morgan fingerprint density at radius 1 is 1.30 bits per heavy atom. The predicted molar refractivity (Wildman–Crippen MR) is 71.1 cm³/mol. The van der Waals surface area contributed by atoms with Gasteiger partial charge in [-0.15, -0.1) is 0 Å². The van der Waals surface area contributed by atoms with Crippen LogP contribution in [-0.2, 0) is 16.1 Å². The second kappa shape index (κ2) is 7.20. The largest absolute Gasteiger partial charge is 0.411 e. The van der Waals surface area contributed by atoms with Crippen LogP contribution in [0.3, 0.4) is 0 Å². The Labute approximate surface area is 119 Å². The lowest BCUT2D eigenvalue weighted by Gasteiger charge is -2.08. The molecule has 0 bridgehead atoms. The van der Waals surface area contributed by atoms with Gasteiger partial charge in [-0.1, -0.05) is 36.5 Å². The fourth-order valence-electron chi connectivity index (χ4n) is 1.30. The first-order valence-electron chi connectivity index (χ1n) is 5.58. The fourth-order valence-corrected chi connectivity index (χ4v) is 1.43. The molecule has 110 valence electrons. The minimum Gasteiger partial charge on any atom is -0.389 e. The van der Waals surface area contributed by atoms with E-state index in [0.717, 1.165) is 5.56 Å². The summed E-state index contributed by atoms with van der Waals surface area (Å²) in [7, 11) is 0. The Hall–Kier alpha value is -1.67. The third-order valence-electron chi connectivity index (χ3n) is 2.23. The molecule has 0 aliphatic carbocycles. The van der Waals surface area contributed by atoms with Crippen LogP contribution in [0, 0.1) is 0 Å². The van der Waals surface area contributed by atoms with E-state index in [2.05, 4.69) is 10.1 Å². The molecular weight excluding hydrogens is 293 g/mol. The molecule has 1 aromatic carbocycles. The Kier molecular flexibility index (Phi) is 5.90. The van der Waals surface area contributed by atoms with Crippen molar-refractivity contribution in [3.05, 3.63) is 35.4 Å². The van der Waals surface area contributed by atoms with Crippen molar-refractivity contribution in [2.75, 3.05) is 13.2 Å². The standard InChI is InChI=1S/C12H13F3N2O2S/c13-12(14,15)7-19-6-10(18)17-5-8-1-3-9(4-2-8)11(16)20/h1-4H,5-7H2,(H2,16,20)(H,17,18). The van der Waals surface area contributed by atoms with E-state index in [9.17, 15) is 18.0 Å². The van der Waals surface area contributed by atoms with Gasteiger partial charge in [0.25, 0.3) is 0 Å². The molecule has 0 saturated carbocycles. The lowest BCUT2D eigenvalue weighted by molar-refractivity contribution is -0.175. The predicted octanol–water partition coefficient (Wildman–Crippen LogP) is 1.52. The van der Waals surface area contributed by atoms with Gasteiger partial charge in [0.05, 0.1) is 0 Å². The van der Waals surface area contributed by atoms with Crippen LogP contribution in [-0.4, -0.2) is 30.3 Å². The molecule has 0 saturated heterocycles. The number of halogens is 3. The van der Waals surface area contributed by atoms with Gasteiger partial charge in [-0.3, -0.25) is 4.79 Å².